The third-order valence-corrected chi connectivity index (χ3v) is 3.09. The van der Waals surface area contributed by atoms with Crippen LogP contribution in [0.3, 0.4) is 0 Å². The lowest BCUT2D eigenvalue weighted by molar-refractivity contribution is -0.137. The van der Waals surface area contributed by atoms with Gasteiger partial charge in [-0.05, 0) is 29.8 Å². The highest BCUT2D eigenvalue weighted by Crippen LogP contribution is 2.32. The fourth-order valence-corrected chi connectivity index (χ4v) is 1.87. The largest absolute Gasteiger partial charge is 0.416 e. The van der Waals surface area contributed by atoms with Crippen molar-refractivity contribution >= 4 is 17.3 Å². The lowest BCUT2D eigenvalue weighted by Gasteiger charge is -2.12. The van der Waals surface area contributed by atoms with E-state index in [0.717, 1.165) is 12.1 Å². The van der Waals surface area contributed by atoms with E-state index in [4.69, 9.17) is 11.6 Å². The second-order valence-corrected chi connectivity index (χ2v) is 4.54. The van der Waals surface area contributed by atoms with Gasteiger partial charge in [0, 0.05) is 11.6 Å². The van der Waals surface area contributed by atoms with E-state index in [9.17, 15) is 17.6 Å². The molecule has 0 amide bonds. The van der Waals surface area contributed by atoms with Crippen molar-refractivity contribution in [3.8, 4) is 0 Å². The average molecular weight is 304 g/mol. The van der Waals surface area contributed by atoms with Gasteiger partial charge in [-0.1, -0.05) is 29.8 Å². The molecule has 0 heterocycles. The summed E-state index contributed by atoms with van der Waals surface area (Å²) < 4.78 is 51.2. The second-order valence-electron chi connectivity index (χ2n) is 4.14. The van der Waals surface area contributed by atoms with Gasteiger partial charge in [-0.3, -0.25) is 0 Å². The van der Waals surface area contributed by atoms with Gasteiger partial charge in [0.1, 0.15) is 5.82 Å². The zero-order chi connectivity index (χ0) is 14.8. The van der Waals surface area contributed by atoms with Gasteiger partial charge in [0.15, 0.2) is 0 Å². The van der Waals surface area contributed by atoms with Crippen LogP contribution in [0, 0.1) is 5.82 Å². The van der Waals surface area contributed by atoms with Crippen LogP contribution in [0.5, 0.6) is 0 Å². The summed E-state index contributed by atoms with van der Waals surface area (Å²) in [5.74, 6) is -0.745. The SMILES string of the molecule is Fc1ccc(C(F)(F)F)cc1NCc1ccccc1Cl. The fraction of sp³-hybridized carbons (Fsp3) is 0.143. The molecule has 1 nitrogen and oxygen atoms in total. The van der Waals surface area contributed by atoms with E-state index in [-0.39, 0.29) is 12.2 Å². The maximum atomic E-state index is 13.5. The number of hydrogen-bond donors (Lipinski definition) is 1. The minimum Gasteiger partial charge on any atom is -0.379 e. The Labute approximate surface area is 118 Å². The van der Waals surface area contributed by atoms with Gasteiger partial charge in [0.2, 0.25) is 0 Å². The molecule has 2 aromatic carbocycles. The highest BCUT2D eigenvalue weighted by Gasteiger charge is 2.31. The van der Waals surface area contributed by atoms with Crippen molar-refractivity contribution in [3.63, 3.8) is 0 Å². The maximum absolute atomic E-state index is 13.5. The molecule has 0 saturated carbocycles. The lowest BCUT2D eigenvalue weighted by atomic mass is 10.1. The van der Waals surface area contributed by atoms with Crippen molar-refractivity contribution in [2.45, 2.75) is 12.7 Å². The molecule has 0 spiro atoms. The molecule has 0 unspecified atom stereocenters. The summed E-state index contributed by atoms with van der Waals surface area (Å²) >= 11 is 5.92. The highest BCUT2D eigenvalue weighted by molar-refractivity contribution is 6.31. The van der Waals surface area contributed by atoms with E-state index in [1.54, 1.807) is 24.3 Å². The molecule has 0 radical (unpaired) electrons. The van der Waals surface area contributed by atoms with Gasteiger partial charge in [-0.2, -0.15) is 13.2 Å². The molecule has 2 aromatic rings. The molecule has 0 bridgehead atoms. The van der Waals surface area contributed by atoms with E-state index in [2.05, 4.69) is 5.32 Å². The van der Waals surface area contributed by atoms with Crippen LogP contribution in [0.25, 0.3) is 0 Å². The fourth-order valence-electron chi connectivity index (χ4n) is 1.67. The van der Waals surface area contributed by atoms with Crippen LogP contribution >= 0.6 is 11.6 Å². The molecular formula is C14H10ClF4N. The molecule has 20 heavy (non-hydrogen) atoms. The Hall–Kier alpha value is -1.75. The molecule has 0 aliphatic carbocycles. The minimum absolute atomic E-state index is 0.137. The normalized spacial score (nSPS) is 11.4. The zero-order valence-electron chi connectivity index (χ0n) is 10.1. The van der Waals surface area contributed by atoms with Crippen molar-refractivity contribution in [1.82, 2.24) is 0 Å². The van der Waals surface area contributed by atoms with Crippen LogP contribution in [-0.2, 0) is 12.7 Å². The summed E-state index contributed by atoms with van der Waals surface area (Å²) in [6.45, 7) is 0.137. The quantitative estimate of drug-likeness (QED) is 0.777. The third-order valence-electron chi connectivity index (χ3n) is 2.72. The Morgan fingerprint density at radius 1 is 1.05 bits per heavy atom. The summed E-state index contributed by atoms with van der Waals surface area (Å²) in [7, 11) is 0. The van der Waals surface area contributed by atoms with E-state index in [0.29, 0.717) is 16.7 Å². The average Bonchev–Trinajstić information content (AvgIpc) is 2.38. The topological polar surface area (TPSA) is 12.0 Å². The Balaban J connectivity index is 2.19. The molecule has 2 rings (SSSR count). The third kappa shape index (κ3) is 3.42. The first kappa shape index (κ1) is 14.7. The predicted molar refractivity (Wildman–Crippen MR) is 70.2 cm³/mol. The summed E-state index contributed by atoms with van der Waals surface area (Å²) in [5.41, 5.74) is -0.439. The van der Waals surface area contributed by atoms with Gasteiger partial charge in [-0.25, -0.2) is 4.39 Å². The van der Waals surface area contributed by atoms with Crippen LogP contribution < -0.4 is 5.32 Å². The molecule has 0 atom stereocenters. The molecule has 1 N–H and O–H groups in total. The van der Waals surface area contributed by atoms with E-state index in [1.165, 1.54) is 0 Å². The second kappa shape index (κ2) is 5.71. The van der Waals surface area contributed by atoms with Crippen LogP contribution in [0.2, 0.25) is 5.02 Å². The first-order valence-corrected chi connectivity index (χ1v) is 6.10. The van der Waals surface area contributed by atoms with Crippen molar-refractivity contribution in [2.75, 3.05) is 5.32 Å². The molecule has 0 saturated heterocycles. The molecule has 0 fully saturated rings. The van der Waals surface area contributed by atoms with Gasteiger partial charge in [0.05, 0.1) is 11.3 Å². The molecule has 0 aromatic heterocycles. The Morgan fingerprint density at radius 2 is 1.75 bits per heavy atom. The standard InChI is InChI=1S/C14H10ClF4N/c15-11-4-2-1-3-9(11)8-20-13-7-10(14(17,18)19)5-6-12(13)16/h1-7,20H,8H2. The minimum atomic E-state index is -4.51. The smallest absolute Gasteiger partial charge is 0.379 e. The highest BCUT2D eigenvalue weighted by atomic mass is 35.5. The number of rotatable bonds is 3. The van der Waals surface area contributed by atoms with Crippen molar-refractivity contribution in [2.24, 2.45) is 0 Å². The Kier molecular flexibility index (Phi) is 4.18. The van der Waals surface area contributed by atoms with Gasteiger partial charge >= 0.3 is 6.18 Å². The number of benzene rings is 2. The number of hydrogen-bond acceptors (Lipinski definition) is 1. The Bertz CT molecular complexity index is 610. The molecule has 6 heteroatoms. The van der Waals surface area contributed by atoms with Gasteiger partial charge in [-0.15, -0.1) is 0 Å². The number of alkyl halides is 3. The van der Waals surface area contributed by atoms with Crippen LogP contribution in [0.1, 0.15) is 11.1 Å². The number of anilines is 1. The van der Waals surface area contributed by atoms with E-state index < -0.39 is 17.6 Å². The lowest BCUT2D eigenvalue weighted by Crippen LogP contribution is -2.08. The van der Waals surface area contributed by atoms with Crippen molar-refractivity contribution in [3.05, 3.63) is 64.4 Å². The monoisotopic (exact) mass is 303 g/mol. The summed E-state index contributed by atoms with van der Waals surface area (Å²) in [6.07, 6.45) is -4.51. The zero-order valence-corrected chi connectivity index (χ0v) is 10.9. The Morgan fingerprint density at radius 3 is 2.40 bits per heavy atom. The first-order valence-electron chi connectivity index (χ1n) is 5.72. The summed E-state index contributed by atoms with van der Waals surface area (Å²) in [6, 6.07) is 9.07. The van der Waals surface area contributed by atoms with Crippen molar-refractivity contribution in [1.29, 1.82) is 0 Å². The van der Waals surface area contributed by atoms with E-state index >= 15 is 0 Å². The van der Waals surface area contributed by atoms with Gasteiger partial charge < -0.3 is 5.32 Å². The number of nitrogens with one attached hydrogen (secondary N) is 1. The van der Waals surface area contributed by atoms with Crippen molar-refractivity contribution < 1.29 is 17.6 Å². The predicted octanol–water partition coefficient (Wildman–Crippen LogP) is 5.11. The van der Waals surface area contributed by atoms with E-state index in [1.807, 2.05) is 0 Å². The summed E-state index contributed by atoms with van der Waals surface area (Å²) in [4.78, 5) is 0. The molecule has 106 valence electrons. The first-order chi connectivity index (χ1) is 9.38. The summed E-state index contributed by atoms with van der Waals surface area (Å²) in [5, 5.41) is 3.09. The molecule has 0 aliphatic rings. The van der Waals surface area contributed by atoms with Crippen LogP contribution in [0.15, 0.2) is 42.5 Å². The maximum Gasteiger partial charge on any atom is 0.416 e. The van der Waals surface area contributed by atoms with Crippen LogP contribution in [0.4, 0.5) is 23.2 Å². The van der Waals surface area contributed by atoms with Gasteiger partial charge in [0.25, 0.3) is 0 Å². The molecule has 0 aliphatic heterocycles. The number of halogens is 5. The molecular weight excluding hydrogens is 294 g/mol. The van der Waals surface area contributed by atoms with Crippen LogP contribution in [-0.4, -0.2) is 0 Å².